The zero-order valence-electron chi connectivity index (χ0n) is 9.81. The van der Waals surface area contributed by atoms with E-state index in [9.17, 15) is 12.8 Å². The number of halogens is 2. The molecule has 0 aromatic heterocycles. The van der Waals surface area contributed by atoms with Gasteiger partial charge in [-0.25, -0.2) is 12.8 Å². The van der Waals surface area contributed by atoms with Crippen molar-refractivity contribution in [3.8, 4) is 0 Å². The minimum absolute atomic E-state index is 0.0513. The molecule has 3 nitrogen and oxygen atoms in total. The second-order valence-corrected chi connectivity index (χ2v) is 6.40. The fourth-order valence-electron chi connectivity index (χ4n) is 1.68. The maximum absolute atomic E-state index is 12.9. The molecule has 0 amide bonds. The molecule has 0 fully saturated rings. The van der Waals surface area contributed by atoms with Crippen LogP contribution in [0.15, 0.2) is 47.4 Å². The van der Waals surface area contributed by atoms with Crippen molar-refractivity contribution in [3.05, 3.63) is 58.9 Å². The summed E-state index contributed by atoms with van der Waals surface area (Å²) in [6, 6.07) is 9.80. The Kier molecular flexibility index (Phi) is 3.78. The van der Waals surface area contributed by atoms with E-state index in [2.05, 4.69) is 0 Å². The van der Waals surface area contributed by atoms with Crippen LogP contribution in [-0.4, -0.2) is 8.42 Å². The molecule has 0 radical (unpaired) electrons. The first-order valence-electron chi connectivity index (χ1n) is 5.41. The summed E-state index contributed by atoms with van der Waals surface area (Å²) in [4.78, 5) is 0.0513. The van der Waals surface area contributed by atoms with Crippen molar-refractivity contribution in [1.29, 1.82) is 0 Å². The van der Waals surface area contributed by atoms with Crippen LogP contribution in [0.2, 0.25) is 5.02 Å². The number of nitrogens with two attached hydrogens (primary N) is 1. The van der Waals surface area contributed by atoms with Crippen LogP contribution in [0.3, 0.4) is 0 Å². The largest absolute Gasteiger partial charge is 0.398 e. The van der Waals surface area contributed by atoms with Gasteiger partial charge in [0.25, 0.3) is 0 Å². The Morgan fingerprint density at radius 2 is 1.84 bits per heavy atom. The summed E-state index contributed by atoms with van der Waals surface area (Å²) in [6.07, 6.45) is 0. The van der Waals surface area contributed by atoms with Crippen molar-refractivity contribution in [2.75, 3.05) is 5.73 Å². The number of benzene rings is 2. The number of para-hydroxylation sites is 1. The summed E-state index contributed by atoms with van der Waals surface area (Å²) in [5, 5.41) is 0.0816. The monoisotopic (exact) mass is 299 g/mol. The Balaban J connectivity index is 2.40. The zero-order chi connectivity index (χ0) is 14.0. The first-order valence-corrected chi connectivity index (χ1v) is 7.44. The van der Waals surface area contributed by atoms with E-state index in [1.807, 2.05) is 0 Å². The second kappa shape index (κ2) is 5.19. The summed E-state index contributed by atoms with van der Waals surface area (Å²) in [5.74, 6) is -0.828. The highest BCUT2D eigenvalue weighted by atomic mass is 35.5. The highest BCUT2D eigenvalue weighted by molar-refractivity contribution is 7.90. The first-order chi connectivity index (χ1) is 8.90. The zero-order valence-corrected chi connectivity index (χ0v) is 11.4. The normalized spacial score (nSPS) is 11.5. The average molecular weight is 300 g/mol. The smallest absolute Gasteiger partial charge is 0.184 e. The van der Waals surface area contributed by atoms with Gasteiger partial charge in [0.2, 0.25) is 0 Å². The Morgan fingerprint density at radius 1 is 1.16 bits per heavy atom. The molecular weight excluding hydrogens is 289 g/mol. The predicted molar refractivity (Wildman–Crippen MR) is 73.2 cm³/mol. The molecule has 2 aromatic carbocycles. The summed E-state index contributed by atoms with van der Waals surface area (Å²) in [6.45, 7) is 0. The lowest BCUT2D eigenvalue weighted by atomic mass is 10.2. The van der Waals surface area contributed by atoms with Crippen LogP contribution >= 0.6 is 11.6 Å². The van der Waals surface area contributed by atoms with Crippen molar-refractivity contribution in [3.63, 3.8) is 0 Å². The molecule has 0 bridgehead atoms. The van der Waals surface area contributed by atoms with Crippen molar-refractivity contribution in [2.24, 2.45) is 0 Å². The van der Waals surface area contributed by atoms with Crippen molar-refractivity contribution < 1.29 is 12.8 Å². The fourth-order valence-corrected chi connectivity index (χ4v) is 3.53. The van der Waals surface area contributed by atoms with Gasteiger partial charge in [-0.15, -0.1) is 0 Å². The molecule has 100 valence electrons. The highest BCUT2D eigenvalue weighted by Crippen LogP contribution is 2.25. The fraction of sp³-hybridized carbons (Fsp3) is 0.0769. The third-order valence-corrected chi connectivity index (χ3v) is 4.70. The molecule has 2 rings (SSSR count). The van der Waals surface area contributed by atoms with Crippen LogP contribution in [0.4, 0.5) is 10.1 Å². The van der Waals surface area contributed by atoms with Gasteiger partial charge in [-0.05, 0) is 29.8 Å². The van der Waals surface area contributed by atoms with Gasteiger partial charge in [-0.3, -0.25) is 0 Å². The molecular formula is C13H11ClFNO2S. The van der Waals surface area contributed by atoms with Crippen LogP contribution in [0.25, 0.3) is 0 Å². The first kappa shape index (κ1) is 13.8. The minimum Gasteiger partial charge on any atom is -0.398 e. The molecule has 0 saturated carbocycles. The Labute approximate surface area is 115 Å². The van der Waals surface area contributed by atoms with Gasteiger partial charge in [0, 0.05) is 5.02 Å². The molecule has 2 N–H and O–H groups in total. The number of hydrogen-bond donors (Lipinski definition) is 1. The van der Waals surface area contributed by atoms with Crippen molar-refractivity contribution >= 4 is 27.1 Å². The molecule has 0 aliphatic heterocycles. The summed E-state index contributed by atoms with van der Waals surface area (Å²) in [7, 11) is -3.61. The van der Waals surface area contributed by atoms with E-state index < -0.39 is 15.7 Å². The van der Waals surface area contributed by atoms with E-state index in [0.29, 0.717) is 5.56 Å². The Morgan fingerprint density at radius 3 is 2.47 bits per heavy atom. The molecule has 6 heteroatoms. The molecule has 2 aromatic rings. The van der Waals surface area contributed by atoms with Gasteiger partial charge >= 0.3 is 0 Å². The van der Waals surface area contributed by atoms with E-state index in [0.717, 1.165) is 6.07 Å². The summed E-state index contributed by atoms with van der Waals surface area (Å²) in [5.41, 5.74) is 6.17. The number of sulfone groups is 1. The third-order valence-electron chi connectivity index (χ3n) is 2.61. The van der Waals surface area contributed by atoms with Crippen LogP contribution in [0.5, 0.6) is 0 Å². The lowest BCUT2D eigenvalue weighted by Gasteiger charge is -2.08. The van der Waals surface area contributed by atoms with Crippen LogP contribution in [-0.2, 0) is 15.6 Å². The van der Waals surface area contributed by atoms with Gasteiger partial charge in [0.05, 0.1) is 16.3 Å². The molecule has 0 aliphatic carbocycles. The van der Waals surface area contributed by atoms with Gasteiger partial charge in [-0.1, -0.05) is 29.8 Å². The number of anilines is 1. The molecule has 0 atom stereocenters. The lowest BCUT2D eigenvalue weighted by Crippen LogP contribution is -2.08. The number of rotatable bonds is 3. The lowest BCUT2D eigenvalue weighted by molar-refractivity contribution is 0.595. The molecule has 0 unspecified atom stereocenters. The minimum atomic E-state index is -3.61. The van der Waals surface area contributed by atoms with Crippen LogP contribution in [0, 0.1) is 5.82 Å². The van der Waals surface area contributed by atoms with E-state index in [4.69, 9.17) is 17.3 Å². The number of hydrogen-bond acceptors (Lipinski definition) is 3. The van der Waals surface area contributed by atoms with Gasteiger partial charge in [-0.2, -0.15) is 0 Å². The van der Waals surface area contributed by atoms with E-state index in [1.54, 1.807) is 12.1 Å². The standard InChI is InChI=1S/C13H11ClFNO2S/c14-11-7-10(15)6-5-9(11)8-19(17,18)13-4-2-1-3-12(13)16/h1-7H,8,16H2. The molecule has 0 heterocycles. The van der Waals surface area contributed by atoms with Gasteiger partial charge in [0.15, 0.2) is 9.84 Å². The Hall–Kier alpha value is -1.59. The van der Waals surface area contributed by atoms with Crippen LogP contribution in [0.1, 0.15) is 5.56 Å². The topological polar surface area (TPSA) is 60.2 Å². The van der Waals surface area contributed by atoms with E-state index >= 15 is 0 Å². The summed E-state index contributed by atoms with van der Waals surface area (Å²) >= 11 is 5.83. The second-order valence-electron chi connectivity index (χ2n) is 4.03. The van der Waals surface area contributed by atoms with E-state index in [-0.39, 0.29) is 21.4 Å². The SMILES string of the molecule is Nc1ccccc1S(=O)(=O)Cc1ccc(F)cc1Cl. The third kappa shape index (κ3) is 3.05. The van der Waals surface area contributed by atoms with E-state index in [1.165, 1.54) is 24.3 Å². The predicted octanol–water partition coefficient (Wildman–Crippen LogP) is 3.04. The average Bonchev–Trinajstić information content (AvgIpc) is 2.33. The molecule has 0 aliphatic rings. The van der Waals surface area contributed by atoms with Crippen LogP contribution < -0.4 is 5.73 Å². The number of nitrogen functional groups attached to an aromatic ring is 1. The molecule has 0 spiro atoms. The van der Waals surface area contributed by atoms with Crippen molar-refractivity contribution in [2.45, 2.75) is 10.6 Å². The highest BCUT2D eigenvalue weighted by Gasteiger charge is 2.19. The van der Waals surface area contributed by atoms with Gasteiger partial charge < -0.3 is 5.73 Å². The van der Waals surface area contributed by atoms with Crippen molar-refractivity contribution in [1.82, 2.24) is 0 Å². The quantitative estimate of drug-likeness (QED) is 0.886. The maximum atomic E-state index is 12.9. The molecule has 0 saturated heterocycles. The maximum Gasteiger partial charge on any atom is 0.184 e. The van der Waals surface area contributed by atoms with Gasteiger partial charge in [0.1, 0.15) is 5.82 Å². The molecule has 19 heavy (non-hydrogen) atoms. The Bertz CT molecular complexity index is 716. The summed E-state index contributed by atoms with van der Waals surface area (Å²) < 4.78 is 37.4.